The third-order valence-electron chi connectivity index (χ3n) is 6.58. The molecule has 190 valence electrons. The lowest BCUT2D eigenvalue weighted by molar-refractivity contribution is -0.138. The minimum Gasteiger partial charge on any atom is -0.478 e. The second kappa shape index (κ2) is 9.00. The minimum absolute atomic E-state index is 0.0815. The van der Waals surface area contributed by atoms with Crippen LogP contribution in [0.1, 0.15) is 45.1 Å². The Morgan fingerprint density at radius 3 is 2.14 bits per heavy atom. The number of hydrogen-bond acceptors (Lipinski definition) is 6. The second-order valence-corrected chi connectivity index (χ2v) is 11.7. The number of amides is 1. The van der Waals surface area contributed by atoms with Crippen molar-refractivity contribution in [3.63, 3.8) is 0 Å². The maximum atomic E-state index is 13.0. The number of anilines is 1. The van der Waals surface area contributed by atoms with Crippen LogP contribution in [0.3, 0.4) is 0 Å². The summed E-state index contributed by atoms with van der Waals surface area (Å²) in [5.74, 6) is 0.558. The molecule has 7 nitrogen and oxygen atoms in total. The van der Waals surface area contributed by atoms with Gasteiger partial charge in [0.2, 0.25) is 0 Å². The number of aromatic nitrogens is 1. The smallest absolute Gasteiger partial charge is 0.416 e. The molecule has 0 saturated carbocycles. The number of alkyl halides is 3. The molecule has 1 N–H and O–H groups in total. The third-order valence-corrected chi connectivity index (χ3v) is 7.68. The average molecular weight is 512 g/mol. The van der Waals surface area contributed by atoms with Crippen LogP contribution in [0.25, 0.3) is 0 Å². The van der Waals surface area contributed by atoms with Crippen LogP contribution >= 0.6 is 0 Å². The Balaban J connectivity index is 1.38. The molecule has 11 heteroatoms. The Morgan fingerprint density at radius 1 is 1.06 bits per heavy atom. The summed E-state index contributed by atoms with van der Waals surface area (Å²) in [4.78, 5) is 19.7. The van der Waals surface area contributed by atoms with Crippen LogP contribution in [-0.4, -0.2) is 49.3 Å². The molecule has 1 unspecified atom stereocenters. The van der Waals surface area contributed by atoms with E-state index in [0.717, 1.165) is 37.0 Å². The van der Waals surface area contributed by atoms with Crippen LogP contribution in [0.5, 0.6) is 5.75 Å². The first-order chi connectivity index (χ1) is 16.2. The number of ether oxygens (including phenoxy) is 1. The molecule has 2 aromatic rings. The monoisotopic (exact) mass is 511 g/mol. The Morgan fingerprint density at radius 2 is 1.66 bits per heavy atom. The fraction of sp³-hybridized carbons (Fsp3) is 0.500. The zero-order chi connectivity index (χ0) is 25.6. The van der Waals surface area contributed by atoms with E-state index >= 15 is 0 Å². The number of rotatable bonds is 6. The van der Waals surface area contributed by atoms with Gasteiger partial charge in [0.05, 0.1) is 10.5 Å². The number of hydrogen-bond donors (Lipinski definition) is 1. The van der Waals surface area contributed by atoms with Crippen molar-refractivity contribution in [2.24, 2.45) is 0 Å². The normalized spacial score (nSPS) is 22.7. The summed E-state index contributed by atoms with van der Waals surface area (Å²) in [6.45, 7) is 3.16. The van der Waals surface area contributed by atoms with E-state index in [2.05, 4.69) is 15.2 Å². The predicted octanol–water partition coefficient (Wildman–Crippen LogP) is 3.98. The van der Waals surface area contributed by atoms with Gasteiger partial charge in [-0.05, 0) is 75.9 Å². The van der Waals surface area contributed by atoms with Gasteiger partial charge < -0.3 is 15.0 Å². The molecular weight excluding hydrogens is 483 g/mol. The number of fused-ring (bicyclic) bond motifs is 2. The summed E-state index contributed by atoms with van der Waals surface area (Å²) in [6.07, 6.45) is 1.37. The molecule has 35 heavy (non-hydrogen) atoms. The van der Waals surface area contributed by atoms with Gasteiger partial charge in [-0.2, -0.15) is 13.2 Å². The second-order valence-electron chi connectivity index (χ2n) is 9.69. The van der Waals surface area contributed by atoms with E-state index in [0.29, 0.717) is 12.8 Å². The van der Waals surface area contributed by atoms with E-state index in [4.69, 9.17) is 4.74 Å². The molecular formula is C24H28F3N3O4S. The van der Waals surface area contributed by atoms with Crippen molar-refractivity contribution in [1.82, 2.24) is 10.3 Å². The highest BCUT2D eigenvalue weighted by Crippen LogP contribution is 2.39. The maximum absolute atomic E-state index is 13.0. The Kier molecular flexibility index (Phi) is 6.50. The zero-order valence-corrected chi connectivity index (χ0v) is 20.5. The summed E-state index contributed by atoms with van der Waals surface area (Å²) in [5, 5.41) is 3.05. The van der Waals surface area contributed by atoms with Crippen molar-refractivity contribution in [3.05, 3.63) is 48.2 Å². The molecule has 1 amide bonds. The summed E-state index contributed by atoms with van der Waals surface area (Å²) in [5.41, 5.74) is -2.06. The van der Waals surface area contributed by atoms with Gasteiger partial charge in [0.15, 0.2) is 15.4 Å². The number of pyridine rings is 1. The summed E-state index contributed by atoms with van der Waals surface area (Å²) in [7, 11) is -3.32. The van der Waals surface area contributed by atoms with Crippen LogP contribution in [0.4, 0.5) is 19.0 Å². The highest BCUT2D eigenvalue weighted by atomic mass is 32.2. The highest BCUT2D eigenvalue weighted by Gasteiger charge is 2.43. The quantitative estimate of drug-likeness (QED) is 0.631. The fourth-order valence-electron chi connectivity index (χ4n) is 4.83. The van der Waals surface area contributed by atoms with Crippen molar-refractivity contribution in [2.75, 3.05) is 11.2 Å². The maximum Gasteiger partial charge on any atom is 0.416 e. The van der Waals surface area contributed by atoms with Gasteiger partial charge in [-0.25, -0.2) is 13.4 Å². The van der Waals surface area contributed by atoms with E-state index in [1.54, 1.807) is 26.0 Å². The van der Waals surface area contributed by atoms with Gasteiger partial charge in [0, 0.05) is 30.6 Å². The standard InChI is InChI=1S/C24H28F3N3O4S/c1-23(2,34-19-8-4-15(5-9-19)24(25,26)27)22(31)29-16-12-17-6-7-18(13-16)30(17)21-11-10-20(14-28-21)35(3,32)33/h4-5,8-11,14,16-18H,6-7,12-13H2,1-3H3,(H,29,31)/t16?,17-,18+. The molecule has 2 bridgehead atoms. The molecule has 0 radical (unpaired) electrons. The van der Waals surface area contributed by atoms with Gasteiger partial charge in [-0.1, -0.05) is 0 Å². The van der Waals surface area contributed by atoms with Crippen molar-refractivity contribution in [1.29, 1.82) is 0 Å². The van der Waals surface area contributed by atoms with E-state index in [1.807, 2.05) is 0 Å². The first-order valence-corrected chi connectivity index (χ1v) is 13.2. The van der Waals surface area contributed by atoms with Gasteiger partial charge in [-0.3, -0.25) is 4.79 Å². The number of nitrogens with one attached hydrogen (secondary N) is 1. The highest BCUT2D eigenvalue weighted by molar-refractivity contribution is 7.90. The molecule has 3 atom stereocenters. The van der Waals surface area contributed by atoms with Gasteiger partial charge >= 0.3 is 6.18 Å². The third kappa shape index (κ3) is 5.55. The minimum atomic E-state index is -4.44. The first kappa shape index (κ1) is 25.3. The van der Waals surface area contributed by atoms with Gasteiger partial charge in [-0.15, -0.1) is 0 Å². The Labute approximate surface area is 202 Å². The van der Waals surface area contributed by atoms with Crippen LogP contribution in [0, 0.1) is 0 Å². The van der Waals surface area contributed by atoms with Crippen LogP contribution in [-0.2, 0) is 20.8 Å². The predicted molar refractivity (Wildman–Crippen MR) is 124 cm³/mol. The van der Waals surface area contributed by atoms with E-state index in [1.165, 1.54) is 18.3 Å². The van der Waals surface area contributed by atoms with Crippen LogP contribution in [0.2, 0.25) is 0 Å². The molecule has 0 spiro atoms. The number of sulfone groups is 1. The molecule has 0 aliphatic carbocycles. The lowest BCUT2D eigenvalue weighted by Crippen LogP contribution is -2.55. The molecule has 2 fully saturated rings. The van der Waals surface area contributed by atoms with Crippen molar-refractivity contribution in [2.45, 2.75) is 74.3 Å². The number of piperidine rings is 1. The van der Waals surface area contributed by atoms with Crippen molar-refractivity contribution in [3.8, 4) is 5.75 Å². The number of carbonyl (C=O) groups excluding carboxylic acids is 1. The van der Waals surface area contributed by atoms with Crippen molar-refractivity contribution < 1.29 is 31.1 Å². The summed E-state index contributed by atoms with van der Waals surface area (Å²) < 4.78 is 67.5. The zero-order valence-electron chi connectivity index (χ0n) is 19.7. The number of carbonyl (C=O) groups is 1. The average Bonchev–Trinajstić information content (AvgIpc) is 3.03. The Hall–Kier alpha value is -2.82. The molecule has 1 aromatic carbocycles. The van der Waals surface area contributed by atoms with E-state index < -0.39 is 27.2 Å². The fourth-order valence-corrected chi connectivity index (χ4v) is 5.39. The molecule has 2 aliphatic heterocycles. The SMILES string of the molecule is CC(C)(Oc1ccc(C(F)(F)F)cc1)C(=O)NC1C[C@H]2CC[C@@H](C1)N2c1ccc(S(C)(=O)=O)cn1. The summed E-state index contributed by atoms with van der Waals surface area (Å²) >= 11 is 0. The Bertz CT molecular complexity index is 1170. The number of halogens is 3. The van der Waals surface area contributed by atoms with Crippen LogP contribution < -0.4 is 15.0 Å². The molecule has 4 rings (SSSR count). The van der Waals surface area contributed by atoms with E-state index in [-0.39, 0.29) is 34.7 Å². The summed E-state index contributed by atoms with van der Waals surface area (Å²) in [6, 6.07) is 7.79. The number of nitrogens with zero attached hydrogens (tertiary/aromatic N) is 2. The molecule has 3 heterocycles. The molecule has 1 aromatic heterocycles. The largest absolute Gasteiger partial charge is 0.478 e. The molecule has 2 saturated heterocycles. The lowest BCUT2D eigenvalue weighted by Gasteiger charge is -2.40. The number of benzene rings is 1. The topological polar surface area (TPSA) is 88.6 Å². The van der Waals surface area contributed by atoms with Gasteiger partial charge in [0.1, 0.15) is 11.6 Å². The first-order valence-electron chi connectivity index (χ1n) is 11.4. The van der Waals surface area contributed by atoms with Crippen LogP contribution in [0.15, 0.2) is 47.5 Å². The van der Waals surface area contributed by atoms with Gasteiger partial charge in [0.25, 0.3) is 5.91 Å². The van der Waals surface area contributed by atoms with Crippen molar-refractivity contribution >= 4 is 21.6 Å². The lowest BCUT2D eigenvalue weighted by atomic mass is 9.96. The molecule has 2 aliphatic rings. The van der Waals surface area contributed by atoms with E-state index in [9.17, 15) is 26.4 Å².